The molecule has 1 heterocycles. The quantitative estimate of drug-likeness (QED) is 0.846. The highest BCUT2D eigenvalue weighted by atomic mass is 79.9. The Balaban J connectivity index is 1.73. The molecule has 0 spiro atoms. The number of hydrogen-bond acceptors (Lipinski definition) is 3. The van der Waals surface area contributed by atoms with Crippen LogP contribution < -0.4 is 4.74 Å². The van der Waals surface area contributed by atoms with Gasteiger partial charge >= 0.3 is 0 Å². The Labute approximate surface area is 104 Å². The summed E-state index contributed by atoms with van der Waals surface area (Å²) in [4.78, 5) is 2.36. The number of para-hydroxylation sites is 1. The minimum Gasteiger partial charge on any atom is -0.491 e. The third-order valence-corrected chi connectivity index (χ3v) is 3.26. The van der Waals surface area contributed by atoms with Crippen molar-refractivity contribution in [3.63, 3.8) is 0 Å². The van der Waals surface area contributed by atoms with Crippen molar-refractivity contribution in [2.45, 2.75) is 0 Å². The number of ether oxygens (including phenoxy) is 2. The van der Waals surface area contributed by atoms with Crippen LogP contribution in [0, 0.1) is 0 Å². The molecule has 0 saturated carbocycles. The van der Waals surface area contributed by atoms with Gasteiger partial charge in [-0.05, 0) is 28.1 Å². The Bertz CT molecular complexity index is 327. The molecule has 0 radical (unpaired) electrons. The molecule has 16 heavy (non-hydrogen) atoms. The van der Waals surface area contributed by atoms with E-state index in [1.165, 1.54) is 0 Å². The van der Waals surface area contributed by atoms with E-state index in [1.807, 2.05) is 24.3 Å². The lowest BCUT2D eigenvalue weighted by molar-refractivity contribution is 0.0322. The second kappa shape index (κ2) is 6.23. The zero-order chi connectivity index (χ0) is 11.2. The molecule has 0 aliphatic carbocycles. The molecule has 0 atom stereocenters. The first kappa shape index (κ1) is 11.9. The van der Waals surface area contributed by atoms with Gasteiger partial charge in [-0.1, -0.05) is 12.1 Å². The molecule has 1 aliphatic heterocycles. The molecule has 1 aromatic carbocycles. The summed E-state index contributed by atoms with van der Waals surface area (Å²) in [5.74, 6) is 0.913. The van der Waals surface area contributed by atoms with Gasteiger partial charge in [0.1, 0.15) is 12.4 Å². The van der Waals surface area contributed by atoms with Crippen LogP contribution in [0.4, 0.5) is 0 Å². The second-order valence-electron chi connectivity index (χ2n) is 3.73. The number of halogens is 1. The maximum Gasteiger partial charge on any atom is 0.133 e. The van der Waals surface area contributed by atoms with Crippen molar-refractivity contribution in [2.24, 2.45) is 0 Å². The summed E-state index contributed by atoms with van der Waals surface area (Å²) in [6.45, 7) is 5.40. The number of nitrogens with zero attached hydrogens (tertiary/aromatic N) is 1. The van der Waals surface area contributed by atoms with Gasteiger partial charge in [0.05, 0.1) is 17.7 Å². The Hall–Kier alpha value is -0.580. The van der Waals surface area contributed by atoms with Gasteiger partial charge in [0.15, 0.2) is 0 Å². The molecule has 0 amide bonds. The number of morpholine rings is 1. The molecule has 0 aromatic heterocycles. The molecular formula is C12H16BrNO2. The summed E-state index contributed by atoms with van der Waals surface area (Å²) < 4.78 is 12.0. The average molecular weight is 286 g/mol. The van der Waals surface area contributed by atoms with Crippen LogP contribution >= 0.6 is 15.9 Å². The molecule has 3 nitrogen and oxygen atoms in total. The lowest BCUT2D eigenvalue weighted by Crippen LogP contribution is -2.38. The lowest BCUT2D eigenvalue weighted by atomic mass is 10.3. The predicted octanol–water partition coefficient (Wildman–Crippen LogP) is 2.16. The van der Waals surface area contributed by atoms with Crippen molar-refractivity contribution in [3.05, 3.63) is 28.7 Å². The van der Waals surface area contributed by atoms with E-state index in [9.17, 15) is 0 Å². The smallest absolute Gasteiger partial charge is 0.133 e. The van der Waals surface area contributed by atoms with Crippen LogP contribution in [0.3, 0.4) is 0 Å². The first-order chi connectivity index (χ1) is 7.86. The highest BCUT2D eigenvalue weighted by molar-refractivity contribution is 9.10. The topological polar surface area (TPSA) is 21.7 Å². The SMILES string of the molecule is Brc1ccccc1OCCN1CCOCC1. The van der Waals surface area contributed by atoms with Gasteiger partial charge in [0.2, 0.25) is 0 Å². The van der Waals surface area contributed by atoms with Gasteiger partial charge < -0.3 is 9.47 Å². The van der Waals surface area contributed by atoms with Crippen LogP contribution in [-0.4, -0.2) is 44.4 Å². The molecule has 1 aliphatic rings. The monoisotopic (exact) mass is 285 g/mol. The van der Waals surface area contributed by atoms with E-state index >= 15 is 0 Å². The van der Waals surface area contributed by atoms with Crippen molar-refractivity contribution >= 4 is 15.9 Å². The minimum atomic E-state index is 0.725. The average Bonchev–Trinajstić information content (AvgIpc) is 2.33. The van der Waals surface area contributed by atoms with Crippen molar-refractivity contribution in [2.75, 3.05) is 39.5 Å². The Kier molecular flexibility index (Phi) is 4.63. The molecule has 2 rings (SSSR count). The van der Waals surface area contributed by atoms with Crippen molar-refractivity contribution in [1.29, 1.82) is 0 Å². The van der Waals surface area contributed by atoms with Crippen LogP contribution in [0.2, 0.25) is 0 Å². The van der Waals surface area contributed by atoms with E-state index in [1.54, 1.807) is 0 Å². The molecule has 0 unspecified atom stereocenters. The highest BCUT2D eigenvalue weighted by Crippen LogP contribution is 2.23. The van der Waals surface area contributed by atoms with Crippen molar-refractivity contribution < 1.29 is 9.47 Å². The van der Waals surface area contributed by atoms with Gasteiger partial charge in [0.25, 0.3) is 0 Å². The van der Waals surface area contributed by atoms with E-state index in [2.05, 4.69) is 20.8 Å². The fourth-order valence-corrected chi connectivity index (χ4v) is 2.07. The summed E-state index contributed by atoms with van der Waals surface area (Å²) in [7, 11) is 0. The number of benzene rings is 1. The highest BCUT2D eigenvalue weighted by Gasteiger charge is 2.09. The van der Waals surface area contributed by atoms with Gasteiger partial charge in [-0.25, -0.2) is 0 Å². The molecule has 88 valence electrons. The van der Waals surface area contributed by atoms with Crippen LogP contribution in [0.1, 0.15) is 0 Å². The van der Waals surface area contributed by atoms with E-state index in [0.29, 0.717) is 0 Å². The van der Waals surface area contributed by atoms with E-state index < -0.39 is 0 Å². The Morgan fingerprint density at radius 2 is 2.00 bits per heavy atom. The molecule has 1 aromatic rings. The summed E-state index contributed by atoms with van der Waals surface area (Å²) in [6.07, 6.45) is 0. The van der Waals surface area contributed by atoms with Crippen LogP contribution in [-0.2, 0) is 4.74 Å². The first-order valence-electron chi connectivity index (χ1n) is 5.54. The van der Waals surface area contributed by atoms with Crippen molar-refractivity contribution in [3.8, 4) is 5.75 Å². The fraction of sp³-hybridized carbons (Fsp3) is 0.500. The van der Waals surface area contributed by atoms with Gasteiger partial charge in [-0.2, -0.15) is 0 Å². The second-order valence-corrected chi connectivity index (χ2v) is 4.59. The van der Waals surface area contributed by atoms with Crippen LogP contribution in [0.25, 0.3) is 0 Å². The zero-order valence-electron chi connectivity index (χ0n) is 9.19. The minimum absolute atomic E-state index is 0.725. The Morgan fingerprint density at radius 1 is 1.25 bits per heavy atom. The predicted molar refractivity (Wildman–Crippen MR) is 66.9 cm³/mol. The molecule has 0 bridgehead atoms. The van der Waals surface area contributed by atoms with Crippen LogP contribution in [0.5, 0.6) is 5.75 Å². The van der Waals surface area contributed by atoms with Gasteiger partial charge in [-0.3, -0.25) is 4.90 Å². The summed E-state index contributed by atoms with van der Waals surface area (Å²) >= 11 is 3.46. The Morgan fingerprint density at radius 3 is 2.75 bits per heavy atom. The molecular weight excluding hydrogens is 270 g/mol. The van der Waals surface area contributed by atoms with E-state index in [0.717, 1.165) is 49.7 Å². The van der Waals surface area contributed by atoms with E-state index in [4.69, 9.17) is 9.47 Å². The fourth-order valence-electron chi connectivity index (χ4n) is 1.67. The molecule has 4 heteroatoms. The number of rotatable bonds is 4. The summed E-state index contributed by atoms with van der Waals surface area (Å²) in [6, 6.07) is 7.93. The third kappa shape index (κ3) is 3.47. The van der Waals surface area contributed by atoms with Gasteiger partial charge in [-0.15, -0.1) is 0 Å². The third-order valence-electron chi connectivity index (χ3n) is 2.61. The first-order valence-corrected chi connectivity index (χ1v) is 6.33. The van der Waals surface area contributed by atoms with Crippen molar-refractivity contribution in [1.82, 2.24) is 4.90 Å². The maximum atomic E-state index is 5.71. The lowest BCUT2D eigenvalue weighted by Gasteiger charge is -2.26. The molecule has 1 fully saturated rings. The zero-order valence-corrected chi connectivity index (χ0v) is 10.8. The van der Waals surface area contributed by atoms with Crippen LogP contribution in [0.15, 0.2) is 28.7 Å². The standard InChI is InChI=1S/C12H16BrNO2/c13-11-3-1-2-4-12(11)16-10-7-14-5-8-15-9-6-14/h1-4H,5-10H2. The van der Waals surface area contributed by atoms with E-state index in [-0.39, 0.29) is 0 Å². The van der Waals surface area contributed by atoms with Gasteiger partial charge in [0, 0.05) is 19.6 Å². The summed E-state index contributed by atoms with van der Waals surface area (Å²) in [5.41, 5.74) is 0. The molecule has 0 N–H and O–H groups in total. The summed E-state index contributed by atoms with van der Waals surface area (Å²) in [5, 5.41) is 0. The molecule has 1 saturated heterocycles. The maximum absolute atomic E-state index is 5.71. The largest absolute Gasteiger partial charge is 0.491 e. The number of hydrogen-bond donors (Lipinski definition) is 0. The normalized spacial score (nSPS) is 17.3.